The number of carbonyl (C=O) groups is 1. The van der Waals surface area contributed by atoms with Gasteiger partial charge in [0.1, 0.15) is 42.7 Å². The van der Waals surface area contributed by atoms with E-state index in [-0.39, 0.29) is 44.7 Å². The highest BCUT2D eigenvalue weighted by atomic mass is 28.4. The Morgan fingerprint density at radius 1 is 0.479 bits per heavy atom. The van der Waals surface area contributed by atoms with Crippen LogP contribution in [0.1, 0.15) is 43.0 Å². The molecular weight excluding hydrogens is 915 g/mol. The van der Waals surface area contributed by atoms with Gasteiger partial charge in [0, 0.05) is 7.11 Å². The monoisotopic (exact) mass is 979 g/mol. The van der Waals surface area contributed by atoms with Crippen molar-refractivity contribution in [3.63, 3.8) is 0 Å². The minimum atomic E-state index is -3.07. The zero-order valence-corrected chi connectivity index (χ0v) is 41.8. The molecule has 3 aliphatic heterocycles. The number of ether oxygens (including phenoxy) is 9. The van der Waals surface area contributed by atoms with E-state index in [0.29, 0.717) is 0 Å². The Morgan fingerprint density at radius 2 is 0.873 bits per heavy atom. The first kappa shape index (κ1) is 50.4. The Labute approximate surface area is 418 Å². The van der Waals surface area contributed by atoms with Crippen LogP contribution in [0.3, 0.4) is 0 Å². The fraction of sp³-hybridized carbons (Fsp3) is 0.362. The molecule has 9 rings (SSSR count). The number of hydrogen-bond acceptors (Lipinski definition) is 11. The molecule has 0 saturated carbocycles. The second-order valence-corrected chi connectivity index (χ2v) is 23.5. The van der Waals surface area contributed by atoms with Gasteiger partial charge in [-0.3, -0.25) is 0 Å². The molecule has 3 saturated heterocycles. The van der Waals surface area contributed by atoms with E-state index in [0.717, 1.165) is 32.6 Å². The summed E-state index contributed by atoms with van der Waals surface area (Å²) >= 11 is 0. The zero-order chi connectivity index (χ0) is 49.0. The van der Waals surface area contributed by atoms with Crippen molar-refractivity contribution in [3.8, 4) is 0 Å². The minimum Gasteiger partial charge on any atom is -0.441 e. The molecule has 0 bridgehead atoms. The fourth-order valence-electron chi connectivity index (χ4n) is 9.96. The molecular formula is C58H65NO11Si. The summed E-state index contributed by atoms with van der Waals surface area (Å²) in [7, 11) is -1.48. The molecule has 3 fully saturated rings. The molecule has 3 aliphatic rings. The third kappa shape index (κ3) is 12.0. The van der Waals surface area contributed by atoms with Crippen molar-refractivity contribution in [1.82, 2.24) is 5.32 Å². The van der Waals surface area contributed by atoms with Crippen LogP contribution in [-0.4, -0.2) is 96.1 Å². The van der Waals surface area contributed by atoms with Crippen LogP contribution in [0.25, 0.3) is 0 Å². The molecule has 6 aromatic carbocycles. The van der Waals surface area contributed by atoms with Crippen molar-refractivity contribution in [1.29, 1.82) is 0 Å². The topological polar surface area (TPSA) is 121 Å². The van der Waals surface area contributed by atoms with E-state index in [4.69, 9.17) is 47.1 Å². The molecule has 6 aromatic rings. The lowest BCUT2D eigenvalue weighted by molar-refractivity contribution is -0.334. The highest BCUT2D eigenvalue weighted by molar-refractivity contribution is 6.99. The summed E-state index contributed by atoms with van der Waals surface area (Å²) in [6, 6.07) is 60.0. The van der Waals surface area contributed by atoms with Gasteiger partial charge < -0.3 is 52.4 Å². The summed E-state index contributed by atoms with van der Waals surface area (Å²) in [6.07, 6.45) is -7.65. The Balaban J connectivity index is 1.03. The quantitative estimate of drug-likeness (QED) is 0.0700. The molecule has 10 atom stereocenters. The predicted octanol–water partition coefficient (Wildman–Crippen LogP) is 8.49. The molecule has 3 heterocycles. The number of methoxy groups -OCH3 is 1. The van der Waals surface area contributed by atoms with Gasteiger partial charge >= 0.3 is 6.09 Å². The van der Waals surface area contributed by atoms with Crippen LogP contribution in [0.4, 0.5) is 4.79 Å². The van der Waals surface area contributed by atoms with Gasteiger partial charge in [-0.2, -0.15) is 0 Å². The van der Waals surface area contributed by atoms with E-state index in [1.165, 1.54) is 0 Å². The second kappa shape index (κ2) is 23.8. The standard InChI is InChI=1S/C58H65NO11Si/c1-58(2,3)71(45-31-19-9-20-32-45,46-33-21-10-22-34-46)67-40-48-50(62-35-41-23-11-5-12-24-41)52-49(59-57(60)70-52)55(68-48)66-39-47-51(63-36-42-25-13-6-14-26-42)53(64-37-43-27-15-7-16-28-43)54(56(61-4)69-47)65-38-44-29-17-8-18-30-44/h5-34,47-56H,35-40H2,1-4H3,(H,59,60)/t47-,48-,49-,50-,51-,52-,53+,54-,55+,56+/m1/s1. The molecule has 0 radical (unpaired) electrons. The first-order valence-corrected chi connectivity index (χ1v) is 26.4. The van der Waals surface area contributed by atoms with E-state index in [2.05, 4.69) is 74.6 Å². The summed E-state index contributed by atoms with van der Waals surface area (Å²) in [5, 5.41) is 4.91. The zero-order valence-electron chi connectivity index (χ0n) is 40.8. The van der Waals surface area contributed by atoms with E-state index in [1.807, 2.05) is 133 Å². The largest absolute Gasteiger partial charge is 0.441 e. The van der Waals surface area contributed by atoms with Crippen molar-refractivity contribution >= 4 is 24.8 Å². The predicted molar refractivity (Wildman–Crippen MR) is 271 cm³/mol. The fourth-order valence-corrected chi connectivity index (χ4v) is 14.5. The minimum absolute atomic E-state index is 0.0441. The van der Waals surface area contributed by atoms with E-state index in [1.54, 1.807) is 7.11 Å². The lowest BCUT2D eigenvalue weighted by Crippen LogP contribution is -2.68. The smallest absolute Gasteiger partial charge is 0.408 e. The first-order valence-electron chi connectivity index (χ1n) is 24.5. The maximum absolute atomic E-state index is 13.4. The van der Waals surface area contributed by atoms with E-state index >= 15 is 0 Å². The number of rotatable bonds is 21. The summed E-state index contributed by atoms with van der Waals surface area (Å²) in [5.74, 6) is 0. The molecule has 0 aliphatic carbocycles. The summed E-state index contributed by atoms with van der Waals surface area (Å²) < 4.78 is 67.6. The molecule has 372 valence electrons. The Morgan fingerprint density at radius 3 is 1.32 bits per heavy atom. The third-order valence-corrected chi connectivity index (χ3v) is 18.4. The molecule has 1 amide bonds. The first-order chi connectivity index (χ1) is 34.7. The van der Waals surface area contributed by atoms with Gasteiger partial charge in [-0.25, -0.2) is 4.79 Å². The van der Waals surface area contributed by atoms with Gasteiger partial charge in [0.2, 0.25) is 0 Å². The Hall–Kier alpha value is -5.55. The maximum atomic E-state index is 13.4. The highest BCUT2D eigenvalue weighted by Gasteiger charge is 2.57. The Bertz CT molecular complexity index is 2480. The number of fused-ring (bicyclic) bond motifs is 1. The maximum Gasteiger partial charge on any atom is 0.408 e. The van der Waals surface area contributed by atoms with Crippen LogP contribution in [0.5, 0.6) is 0 Å². The highest BCUT2D eigenvalue weighted by Crippen LogP contribution is 2.39. The van der Waals surface area contributed by atoms with Gasteiger partial charge in [0.25, 0.3) is 8.32 Å². The molecule has 1 N–H and O–H groups in total. The average Bonchev–Trinajstić information content (AvgIpc) is 3.81. The second-order valence-electron chi connectivity index (χ2n) is 19.2. The summed E-state index contributed by atoms with van der Waals surface area (Å²) in [5.41, 5.74) is 3.91. The van der Waals surface area contributed by atoms with E-state index < -0.39 is 75.8 Å². The van der Waals surface area contributed by atoms with Crippen molar-refractivity contribution in [3.05, 3.63) is 204 Å². The molecule has 0 unspecified atom stereocenters. The van der Waals surface area contributed by atoms with Crippen LogP contribution < -0.4 is 15.7 Å². The SMILES string of the molecule is CO[C@H]1O[C@H](CO[C@H]2O[C@H](CO[Si](c3ccccc3)(c3ccccc3)C(C)(C)C)[C@@H](OCc3ccccc3)[C@@H]3OC(=O)N[C@@H]23)[C@@H](OCc2ccccc2)[C@H](OCc2ccccc2)[C@H]1OCc1ccccc1. The molecule has 12 nitrogen and oxygen atoms in total. The van der Waals surface area contributed by atoms with Gasteiger partial charge in [0.15, 0.2) is 18.7 Å². The molecule has 0 spiro atoms. The molecule has 71 heavy (non-hydrogen) atoms. The van der Waals surface area contributed by atoms with Gasteiger partial charge in [-0.05, 0) is 37.7 Å². The van der Waals surface area contributed by atoms with Crippen LogP contribution in [0.2, 0.25) is 5.04 Å². The number of alkyl carbamates (subject to hydrolysis) is 1. The van der Waals surface area contributed by atoms with Crippen molar-refractivity contribution in [2.45, 2.75) is 114 Å². The summed E-state index contributed by atoms with van der Waals surface area (Å²) in [4.78, 5) is 13.4. The third-order valence-electron chi connectivity index (χ3n) is 13.4. The van der Waals surface area contributed by atoms with Gasteiger partial charge in [-0.15, -0.1) is 0 Å². The van der Waals surface area contributed by atoms with E-state index in [9.17, 15) is 4.79 Å². The lowest BCUT2D eigenvalue weighted by atomic mass is 9.96. The van der Waals surface area contributed by atoms with Crippen molar-refractivity contribution in [2.24, 2.45) is 0 Å². The van der Waals surface area contributed by atoms with Crippen LogP contribution in [0.15, 0.2) is 182 Å². The summed E-state index contributed by atoms with van der Waals surface area (Å²) in [6.45, 7) is 7.84. The molecule has 13 heteroatoms. The molecule has 0 aromatic heterocycles. The number of hydrogen-bond donors (Lipinski definition) is 1. The number of nitrogens with one attached hydrogen (secondary N) is 1. The van der Waals surface area contributed by atoms with Crippen molar-refractivity contribution in [2.75, 3.05) is 20.3 Å². The van der Waals surface area contributed by atoms with Crippen LogP contribution in [0, 0.1) is 0 Å². The Kier molecular flexibility index (Phi) is 16.9. The van der Waals surface area contributed by atoms with Gasteiger partial charge in [0.05, 0.1) is 39.6 Å². The number of benzene rings is 6. The normalized spacial score (nSPS) is 25.5. The lowest BCUT2D eigenvalue weighted by Gasteiger charge is -2.47. The number of amides is 1. The van der Waals surface area contributed by atoms with Crippen LogP contribution in [-0.2, 0) is 73.5 Å². The average molecular weight is 980 g/mol. The van der Waals surface area contributed by atoms with Crippen LogP contribution >= 0.6 is 0 Å². The van der Waals surface area contributed by atoms with Gasteiger partial charge in [-0.1, -0.05) is 203 Å². The number of carbonyl (C=O) groups excluding carboxylic acids is 1. The van der Waals surface area contributed by atoms with Crippen molar-refractivity contribution < 1.29 is 51.9 Å².